The normalized spacial score (nSPS) is 33.3. The van der Waals surface area contributed by atoms with Crippen LogP contribution in [-0.2, 0) is 11.3 Å². The van der Waals surface area contributed by atoms with Crippen LogP contribution in [0.15, 0.2) is 12.5 Å². The summed E-state index contributed by atoms with van der Waals surface area (Å²) in [5.74, 6) is 2.93. The second-order valence-electron chi connectivity index (χ2n) is 10.2. The zero-order valence-electron chi connectivity index (χ0n) is 17.7. The predicted molar refractivity (Wildman–Crippen MR) is 115 cm³/mol. The number of nitrogens with zero attached hydrogens (tertiary/aromatic N) is 5. The molecule has 5 aliphatic rings. The highest BCUT2D eigenvalue weighted by Gasteiger charge is 2.61. The third-order valence-electron chi connectivity index (χ3n) is 8.43. The van der Waals surface area contributed by atoms with Crippen molar-refractivity contribution in [2.75, 3.05) is 25.0 Å². The van der Waals surface area contributed by atoms with Crippen LogP contribution in [0.3, 0.4) is 0 Å². The van der Waals surface area contributed by atoms with E-state index in [9.17, 15) is 4.79 Å². The summed E-state index contributed by atoms with van der Waals surface area (Å²) < 4.78 is 1.97. The molecule has 7 nitrogen and oxygen atoms in total. The van der Waals surface area contributed by atoms with Gasteiger partial charge in [-0.2, -0.15) is 5.10 Å². The Kier molecular flexibility index (Phi) is 4.55. The summed E-state index contributed by atoms with van der Waals surface area (Å²) in [5.41, 5.74) is 0.679. The van der Waals surface area contributed by atoms with Crippen molar-refractivity contribution in [2.24, 2.45) is 23.2 Å². The standard InChI is InChI=1S/C23H32N6O/c30-22(23-12-16-9-17(13-23)11-18(23)10-16)27-20-19-14-26-29(21(19)25-15-24-20)8-7-28-5-3-1-2-4-6-28/h14-18H,1-13H2,(H,24,25,27,30)/t16-,17?,18?,23+/m1/s1. The van der Waals surface area contributed by atoms with E-state index < -0.39 is 0 Å². The number of nitrogens with one attached hydrogen (secondary N) is 1. The first kappa shape index (κ1) is 18.7. The first-order chi connectivity index (χ1) is 14.7. The number of fused-ring (bicyclic) bond motifs is 1. The molecule has 2 aromatic rings. The fraction of sp³-hybridized carbons (Fsp3) is 0.739. The van der Waals surface area contributed by atoms with Gasteiger partial charge in [0.25, 0.3) is 0 Å². The van der Waals surface area contributed by atoms with Gasteiger partial charge in [-0.15, -0.1) is 0 Å². The Balaban J connectivity index is 1.19. The molecule has 0 radical (unpaired) electrons. The number of carbonyl (C=O) groups is 1. The molecule has 1 N–H and O–H groups in total. The van der Waals surface area contributed by atoms with Crippen molar-refractivity contribution in [2.45, 2.75) is 64.3 Å². The van der Waals surface area contributed by atoms with E-state index in [0.29, 0.717) is 11.7 Å². The van der Waals surface area contributed by atoms with Crippen LogP contribution >= 0.6 is 0 Å². The Morgan fingerprint density at radius 1 is 1.03 bits per heavy atom. The van der Waals surface area contributed by atoms with E-state index in [1.807, 2.05) is 10.9 Å². The van der Waals surface area contributed by atoms with Crippen molar-refractivity contribution in [1.82, 2.24) is 24.6 Å². The van der Waals surface area contributed by atoms with Crippen molar-refractivity contribution in [3.63, 3.8) is 0 Å². The number of likely N-dealkylation sites (tertiary alicyclic amines) is 1. The van der Waals surface area contributed by atoms with Crippen LogP contribution in [0.4, 0.5) is 5.82 Å². The molecule has 0 aromatic carbocycles. The van der Waals surface area contributed by atoms with Crippen LogP contribution in [0.5, 0.6) is 0 Å². The number of aromatic nitrogens is 4. The van der Waals surface area contributed by atoms with Crippen LogP contribution in [0.2, 0.25) is 0 Å². The summed E-state index contributed by atoms with van der Waals surface area (Å²) >= 11 is 0. The predicted octanol–water partition coefficient (Wildman–Crippen LogP) is 3.47. The highest BCUT2D eigenvalue weighted by atomic mass is 16.2. The van der Waals surface area contributed by atoms with Gasteiger partial charge in [-0.1, -0.05) is 12.8 Å². The van der Waals surface area contributed by atoms with Gasteiger partial charge < -0.3 is 10.2 Å². The Hall–Kier alpha value is -2.02. The van der Waals surface area contributed by atoms with Crippen molar-refractivity contribution in [3.8, 4) is 0 Å². The molecule has 3 heterocycles. The van der Waals surface area contributed by atoms with Crippen molar-refractivity contribution < 1.29 is 4.79 Å². The molecule has 7 heteroatoms. The molecular weight excluding hydrogens is 376 g/mol. The number of anilines is 1. The lowest BCUT2D eigenvalue weighted by Gasteiger charge is -2.31. The fourth-order valence-electron chi connectivity index (χ4n) is 7.15. The Bertz CT molecular complexity index is 932. The topological polar surface area (TPSA) is 75.9 Å². The Morgan fingerprint density at radius 2 is 1.80 bits per heavy atom. The van der Waals surface area contributed by atoms with Gasteiger partial charge in [0, 0.05) is 6.54 Å². The van der Waals surface area contributed by atoms with Gasteiger partial charge >= 0.3 is 0 Å². The number of amides is 1. The number of hydrogen-bond acceptors (Lipinski definition) is 5. The second kappa shape index (κ2) is 7.29. The van der Waals surface area contributed by atoms with Crippen LogP contribution in [0.25, 0.3) is 11.0 Å². The van der Waals surface area contributed by atoms with Gasteiger partial charge in [0.05, 0.1) is 23.5 Å². The minimum Gasteiger partial charge on any atom is -0.309 e. The molecule has 1 saturated heterocycles. The lowest BCUT2D eigenvalue weighted by atomic mass is 9.75. The SMILES string of the molecule is O=C(Nc1ncnc2c1cnn2CCN1CCCCCC1)[C@@]12CC3CC1C[C@@H](C3)C2. The summed E-state index contributed by atoms with van der Waals surface area (Å²) in [7, 11) is 0. The molecule has 1 aliphatic heterocycles. The van der Waals surface area contributed by atoms with Gasteiger partial charge in [0.1, 0.15) is 12.1 Å². The molecule has 5 fully saturated rings. The molecule has 4 atom stereocenters. The lowest BCUT2D eigenvalue weighted by Crippen LogP contribution is -2.37. The molecular formula is C23H32N6O. The lowest BCUT2D eigenvalue weighted by molar-refractivity contribution is -0.127. The van der Waals surface area contributed by atoms with E-state index in [1.54, 1.807) is 6.33 Å². The van der Waals surface area contributed by atoms with Crippen LogP contribution in [-0.4, -0.2) is 50.2 Å². The zero-order valence-corrected chi connectivity index (χ0v) is 17.7. The molecule has 30 heavy (non-hydrogen) atoms. The van der Waals surface area contributed by atoms with E-state index in [4.69, 9.17) is 0 Å². The van der Waals surface area contributed by atoms with Crippen LogP contribution < -0.4 is 5.32 Å². The van der Waals surface area contributed by atoms with E-state index in [-0.39, 0.29) is 11.3 Å². The summed E-state index contributed by atoms with van der Waals surface area (Å²) in [5, 5.41) is 8.65. The molecule has 4 bridgehead atoms. The first-order valence-electron chi connectivity index (χ1n) is 11.9. The summed E-state index contributed by atoms with van der Waals surface area (Å²) in [6.45, 7) is 4.18. The average molecular weight is 409 g/mol. The van der Waals surface area contributed by atoms with Crippen molar-refractivity contribution >= 4 is 22.8 Å². The maximum atomic E-state index is 13.4. The molecule has 160 valence electrons. The van der Waals surface area contributed by atoms with E-state index in [0.717, 1.165) is 48.8 Å². The molecule has 4 saturated carbocycles. The molecule has 2 unspecified atom stereocenters. The van der Waals surface area contributed by atoms with Crippen molar-refractivity contribution in [3.05, 3.63) is 12.5 Å². The summed E-state index contributed by atoms with van der Waals surface area (Å²) in [6, 6.07) is 0. The smallest absolute Gasteiger partial charge is 0.232 e. The quantitative estimate of drug-likeness (QED) is 0.820. The fourth-order valence-corrected chi connectivity index (χ4v) is 7.15. The molecule has 4 aliphatic carbocycles. The van der Waals surface area contributed by atoms with Crippen LogP contribution in [0.1, 0.15) is 57.8 Å². The van der Waals surface area contributed by atoms with Crippen LogP contribution in [0, 0.1) is 23.2 Å². The van der Waals surface area contributed by atoms with Gasteiger partial charge in [0.2, 0.25) is 5.91 Å². The van der Waals surface area contributed by atoms with Gasteiger partial charge in [-0.05, 0) is 75.8 Å². The first-order valence-corrected chi connectivity index (χ1v) is 11.9. The molecule has 2 aromatic heterocycles. The zero-order chi connectivity index (χ0) is 20.1. The number of rotatable bonds is 5. The monoisotopic (exact) mass is 408 g/mol. The number of carbonyl (C=O) groups excluding carboxylic acids is 1. The van der Waals surface area contributed by atoms with Gasteiger partial charge in [-0.3, -0.25) is 4.79 Å². The van der Waals surface area contributed by atoms with E-state index in [2.05, 4.69) is 25.3 Å². The summed E-state index contributed by atoms with van der Waals surface area (Å²) in [4.78, 5) is 24.9. The highest BCUT2D eigenvalue weighted by molar-refractivity contribution is 6.01. The number of hydrogen-bond donors (Lipinski definition) is 1. The van der Waals surface area contributed by atoms with E-state index in [1.165, 1.54) is 58.0 Å². The molecule has 7 rings (SSSR count). The third kappa shape index (κ3) is 3.04. The minimum absolute atomic E-state index is 0.145. The van der Waals surface area contributed by atoms with Gasteiger partial charge in [0.15, 0.2) is 5.65 Å². The molecule has 1 amide bonds. The molecule has 0 spiro atoms. The van der Waals surface area contributed by atoms with Crippen molar-refractivity contribution in [1.29, 1.82) is 0 Å². The van der Waals surface area contributed by atoms with Gasteiger partial charge in [-0.25, -0.2) is 14.6 Å². The largest absolute Gasteiger partial charge is 0.309 e. The maximum absolute atomic E-state index is 13.4. The summed E-state index contributed by atoms with van der Waals surface area (Å²) in [6.07, 6.45) is 14.7. The Labute approximate surface area is 177 Å². The Morgan fingerprint density at radius 3 is 2.57 bits per heavy atom. The highest BCUT2D eigenvalue weighted by Crippen LogP contribution is 2.65. The third-order valence-corrected chi connectivity index (χ3v) is 8.43. The maximum Gasteiger partial charge on any atom is 0.232 e. The minimum atomic E-state index is -0.145. The second-order valence-corrected chi connectivity index (χ2v) is 10.2. The van der Waals surface area contributed by atoms with E-state index >= 15 is 0 Å². The average Bonchev–Trinajstić information content (AvgIpc) is 3.25.